The van der Waals surface area contributed by atoms with Gasteiger partial charge in [0, 0.05) is 64.5 Å². The van der Waals surface area contributed by atoms with Crippen LogP contribution in [-0.4, -0.2) is 27.9 Å². The Labute approximate surface area is 297 Å². The van der Waals surface area contributed by atoms with Crippen molar-refractivity contribution in [3.63, 3.8) is 0 Å². The molecule has 7 nitrogen and oxygen atoms in total. The topological polar surface area (TPSA) is 89.8 Å². The van der Waals surface area contributed by atoms with Crippen LogP contribution in [0.15, 0.2) is 83.2 Å². The third-order valence-electron chi connectivity index (χ3n) is 9.53. The highest BCUT2D eigenvalue weighted by atomic mass is 35.5. The van der Waals surface area contributed by atoms with Gasteiger partial charge in [-0.3, -0.25) is 19.7 Å². The number of hydrogen-bond donors (Lipinski definition) is 0. The summed E-state index contributed by atoms with van der Waals surface area (Å²) in [7, 11) is 0. The summed E-state index contributed by atoms with van der Waals surface area (Å²) in [6.07, 6.45) is -2.73. The number of ether oxygens (including phenoxy) is 1. The van der Waals surface area contributed by atoms with Gasteiger partial charge in [-0.2, -0.15) is 13.2 Å². The molecule has 0 N–H and O–H groups in total. The second-order valence-corrected chi connectivity index (χ2v) is 15.6. The van der Waals surface area contributed by atoms with Gasteiger partial charge in [0.2, 0.25) is 5.75 Å². The molecule has 1 aliphatic heterocycles. The van der Waals surface area contributed by atoms with Crippen LogP contribution in [0.25, 0.3) is 0 Å². The fourth-order valence-corrected chi connectivity index (χ4v) is 8.00. The normalized spacial score (nSPS) is 19.0. The molecule has 0 saturated carbocycles. The first kappa shape index (κ1) is 35.7. The molecule has 0 amide bonds. The number of ketones is 2. The number of carbonyl (C=O) groups is 2. The smallest absolute Gasteiger partial charge is 0.416 e. The second kappa shape index (κ2) is 12.9. The van der Waals surface area contributed by atoms with Crippen molar-refractivity contribution in [2.45, 2.75) is 71.9 Å². The maximum absolute atomic E-state index is 14.3. The van der Waals surface area contributed by atoms with Crippen molar-refractivity contribution in [2.75, 3.05) is 6.54 Å². The number of benzene rings is 3. The number of allylic oxidation sites excluding steroid dienone is 4. The lowest BCUT2D eigenvalue weighted by atomic mass is 9.63. The van der Waals surface area contributed by atoms with Crippen LogP contribution in [0.5, 0.6) is 11.5 Å². The predicted octanol–water partition coefficient (Wildman–Crippen LogP) is 10.6. The number of carbonyl (C=O) groups excluding carboxylic acids is 2. The number of Topliss-reactive ketones (excluding diaryl/α,β-unsaturated/α-hetero) is 2. The van der Waals surface area contributed by atoms with Gasteiger partial charge < -0.3 is 9.64 Å². The summed E-state index contributed by atoms with van der Waals surface area (Å²) in [6.45, 7) is 8.60. The van der Waals surface area contributed by atoms with E-state index in [0.29, 0.717) is 49.1 Å². The van der Waals surface area contributed by atoms with Gasteiger partial charge in [-0.15, -0.1) is 0 Å². The quantitative estimate of drug-likeness (QED) is 0.178. The van der Waals surface area contributed by atoms with Crippen LogP contribution >= 0.6 is 23.2 Å². The molecule has 0 fully saturated rings. The number of nitro groups is 1. The molecule has 3 aliphatic rings. The second-order valence-electron chi connectivity index (χ2n) is 14.8. The highest BCUT2D eigenvalue weighted by molar-refractivity contribution is 6.35. The summed E-state index contributed by atoms with van der Waals surface area (Å²) in [5.41, 5.74) is 0.711. The zero-order chi connectivity index (χ0) is 36.3. The van der Waals surface area contributed by atoms with Crippen molar-refractivity contribution in [3.05, 3.63) is 120 Å². The molecule has 0 spiro atoms. The summed E-state index contributed by atoms with van der Waals surface area (Å²) < 4.78 is 46.6. The van der Waals surface area contributed by atoms with Crippen LogP contribution in [-0.2, 0) is 22.2 Å². The van der Waals surface area contributed by atoms with Crippen molar-refractivity contribution in [1.29, 1.82) is 0 Å². The Bertz CT molecular complexity index is 1930. The first-order valence-corrected chi connectivity index (χ1v) is 17.0. The zero-order valence-electron chi connectivity index (χ0n) is 27.9. The Morgan fingerprint density at radius 2 is 1.46 bits per heavy atom. The summed E-state index contributed by atoms with van der Waals surface area (Å²) in [6, 6.07) is 14.7. The largest absolute Gasteiger partial charge is 0.448 e. The molecule has 0 saturated heterocycles. The summed E-state index contributed by atoms with van der Waals surface area (Å²) >= 11 is 13.3. The minimum atomic E-state index is -4.84. The molecule has 3 aromatic rings. The molecule has 6 rings (SSSR count). The van der Waals surface area contributed by atoms with E-state index in [1.54, 1.807) is 0 Å². The van der Waals surface area contributed by atoms with Gasteiger partial charge in [-0.05, 0) is 59.9 Å². The molecular weight excluding hydrogens is 692 g/mol. The maximum atomic E-state index is 14.3. The predicted molar refractivity (Wildman–Crippen MR) is 184 cm³/mol. The van der Waals surface area contributed by atoms with Gasteiger partial charge in [0.05, 0.1) is 15.5 Å². The molecule has 0 aromatic heterocycles. The number of rotatable bonds is 7. The van der Waals surface area contributed by atoms with Crippen molar-refractivity contribution < 1.29 is 32.4 Å². The number of nitro benzene ring substituents is 1. The lowest BCUT2D eigenvalue weighted by molar-refractivity contribution is -0.385. The molecular formula is C38H35Cl2F3N2O5. The van der Waals surface area contributed by atoms with Crippen LogP contribution in [0.4, 0.5) is 18.9 Å². The van der Waals surface area contributed by atoms with Crippen molar-refractivity contribution in [2.24, 2.45) is 10.8 Å². The van der Waals surface area contributed by atoms with Gasteiger partial charge in [0.15, 0.2) is 17.3 Å². The molecule has 2 aliphatic carbocycles. The first-order chi connectivity index (χ1) is 23.3. The van der Waals surface area contributed by atoms with Crippen LogP contribution in [0.2, 0.25) is 10.0 Å². The van der Waals surface area contributed by atoms with E-state index < -0.39 is 44.8 Å². The summed E-state index contributed by atoms with van der Waals surface area (Å²) in [5, 5.41) is 12.1. The molecule has 0 bridgehead atoms. The molecule has 1 heterocycles. The van der Waals surface area contributed by atoms with Gasteiger partial charge in [0.25, 0.3) is 0 Å². The van der Waals surface area contributed by atoms with E-state index in [2.05, 4.69) is 4.90 Å². The maximum Gasteiger partial charge on any atom is 0.416 e. The van der Waals surface area contributed by atoms with Crippen LogP contribution in [0.3, 0.4) is 0 Å². The highest BCUT2D eigenvalue weighted by Gasteiger charge is 2.50. The Morgan fingerprint density at radius 3 is 2.00 bits per heavy atom. The van der Waals surface area contributed by atoms with Gasteiger partial charge in [-0.25, -0.2) is 0 Å². The van der Waals surface area contributed by atoms with E-state index in [4.69, 9.17) is 27.9 Å². The van der Waals surface area contributed by atoms with Crippen molar-refractivity contribution in [3.8, 4) is 11.5 Å². The van der Waals surface area contributed by atoms with E-state index in [-0.39, 0.29) is 45.8 Å². The average Bonchev–Trinajstić information content (AvgIpc) is 2.99. The van der Waals surface area contributed by atoms with Gasteiger partial charge in [-0.1, -0.05) is 81.2 Å². The van der Waals surface area contributed by atoms with Crippen molar-refractivity contribution in [1.82, 2.24) is 4.90 Å². The Hall–Kier alpha value is -4.15. The van der Waals surface area contributed by atoms with E-state index in [1.807, 2.05) is 58.0 Å². The number of halogens is 5. The third kappa shape index (κ3) is 6.92. The number of hydrogen-bond acceptors (Lipinski definition) is 6. The van der Waals surface area contributed by atoms with Crippen LogP contribution in [0.1, 0.15) is 76.0 Å². The first-order valence-electron chi connectivity index (χ1n) is 16.2. The fourth-order valence-electron chi connectivity index (χ4n) is 7.45. The minimum Gasteiger partial charge on any atom is -0.448 e. The van der Waals surface area contributed by atoms with Gasteiger partial charge in [0.1, 0.15) is 0 Å². The summed E-state index contributed by atoms with van der Waals surface area (Å²) in [5.74, 6) is -1.96. The average molecular weight is 728 g/mol. The summed E-state index contributed by atoms with van der Waals surface area (Å²) in [4.78, 5) is 41.9. The molecule has 12 heteroatoms. The van der Waals surface area contributed by atoms with E-state index in [1.165, 1.54) is 12.1 Å². The van der Waals surface area contributed by atoms with Crippen molar-refractivity contribution >= 4 is 40.5 Å². The van der Waals surface area contributed by atoms with Gasteiger partial charge >= 0.3 is 11.9 Å². The van der Waals surface area contributed by atoms with E-state index in [0.717, 1.165) is 23.0 Å². The lowest BCUT2D eigenvalue weighted by Crippen LogP contribution is -2.45. The SMILES string of the molecule is CC1(C)CC(=O)C2=C(C1)N(CCc1ccccc1)C1=C(C(=O)CC(C)(C)C1)C2c1cc(Cl)cc(Cl)c1Oc1ccc(C(F)(F)F)cc1[N+](=O)[O-]. The monoisotopic (exact) mass is 726 g/mol. The Morgan fingerprint density at radius 1 is 0.880 bits per heavy atom. The minimum absolute atomic E-state index is 0.0929. The standard InChI is InChI=1S/C38H35Cl2F3N2O5/c1-36(2)17-27-33(29(46)19-36)32(34-28(18-37(3,4)20-30(34)47)44(27)13-12-21-8-6-5-7-9-21)24-15-23(39)16-25(40)35(24)50-31-11-10-22(38(41,42)43)14-26(31)45(48)49/h5-11,14-16,32H,12-13,17-20H2,1-4H3. The molecule has 50 heavy (non-hydrogen) atoms. The molecule has 0 atom stereocenters. The Balaban J connectivity index is 1.58. The molecule has 3 aromatic carbocycles. The fraction of sp³-hybridized carbons (Fsp3) is 0.368. The number of nitrogens with zero attached hydrogens (tertiary/aromatic N) is 2. The third-order valence-corrected chi connectivity index (χ3v) is 10.0. The van der Waals surface area contributed by atoms with E-state index in [9.17, 15) is 32.9 Å². The zero-order valence-corrected chi connectivity index (χ0v) is 29.4. The molecule has 0 unspecified atom stereocenters. The lowest BCUT2D eigenvalue weighted by Gasteiger charge is -2.49. The number of alkyl halides is 3. The van der Waals surface area contributed by atoms with Crippen LogP contribution < -0.4 is 4.74 Å². The Kier molecular flexibility index (Phi) is 9.18. The molecule has 0 radical (unpaired) electrons. The molecule has 262 valence electrons. The van der Waals surface area contributed by atoms with Crippen LogP contribution in [0, 0.1) is 20.9 Å². The van der Waals surface area contributed by atoms with E-state index >= 15 is 0 Å². The highest BCUT2D eigenvalue weighted by Crippen LogP contribution is 2.57.